The second-order valence-electron chi connectivity index (χ2n) is 5.12. The molecule has 1 aliphatic rings. The van der Waals surface area contributed by atoms with Crippen molar-refractivity contribution in [3.8, 4) is 0 Å². The summed E-state index contributed by atoms with van der Waals surface area (Å²) in [5.74, 6) is 0. The highest BCUT2D eigenvalue weighted by Gasteiger charge is 2.32. The molecule has 0 saturated carbocycles. The van der Waals surface area contributed by atoms with Crippen LogP contribution in [-0.4, -0.2) is 44.0 Å². The zero-order valence-electron chi connectivity index (χ0n) is 10.9. The van der Waals surface area contributed by atoms with E-state index in [1.165, 1.54) is 25.7 Å². The van der Waals surface area contributed by atoms with Crippen molar-refractivity contribution in [2.24, 2.45) is 0 Å². The molecule has 0 aromatic carbocycles. The molecule has 0 aromatic heterocycles. The molecule has 0 aliphatic carbocycles. The maximum atomic E-state index is 5.62. The normalized spacial score (nSPS) is 24.3. The average Bonchev–Trinajstić information content (AvgIpc) is 2.18. The Balaban J connectivity index is 2.60. The first-order chi connectivity index (χ1) is 7.12. The molecule has 1 rings (SSSR count). The quantitative estimate of drug-likeness (QED) is 0.641. The summed E-state index contributed by atoms with van der Waals surface area (Å²) in [6.07, 6.45) is 5.19. The second-order valence-corrected chi connectivity index (χ2v) is 5.12. The zero-order chi connectivity index (χ0) is 11.3. The van der Waals surface area contributed by atoms with Crippen molar-refractivity contribution in [1.82, 2.24) is 4.90 Å². The highest BCUT2D eigenvalue weighted by atomic mass is 16.5. The van der Waals surface area contributed by atoms with Crippen molar-refractivity contribution in [1.29, 1.82) is 0 Å². The standard InChI is InChI=1S/C12H26BNO/c1-4-6-12(3,7-5-2)14-8-9-15-11(13)10-14/h11H,4-10,13H2,1-3H3. The Labute approximate surface area is 95.8 Å². The lowest BCUT2D eigenvalue weighted by Crippen LogP contribution is -2.54. The summed E-state index contributed by atoms with van der Waals surface area (Å²) < 4.78 is 5.62. The number of morpholine rings is 1. The van der Waals surface area contributed by atoms with Crippen molar-refractivity contribution in [3.05, 3.63) is 0 Å². The molecular weight excluding hydrogens is 185 g/mol. The van der Waals surface area contributed by atoms with Crippen LogP contribution in [-0.2, 0) is 4.74 Å². The van der Waals surface area contributed by atoms with Gasteiger partial charge in [-0.3, -0.25) is 4.90 Å². The number of hydrogen-bond acceptors (Lipinski definition) is 2. The van der Waals surface area contributed by atoms with Gasteiger partial charge in [-0.2, -0.15) is 0 Å². The van der Waals surface area contributed by atoms with Gasteiger partial charge in [-0.25, -0.2) is 0 Å². The van der Waals surface area contributed by atoms with E-state index >= 15 is 0 Å². The maximum absolute atomic E-state index is 5.62. The summed E-state index contributed by atoms with van der Waals surface area (Å²) in [5.41, 5.74) is 0.404. The third-order valence-corrected chi connectivity index (χ3v) is 3.58. The average molecular weight is 211 g/mol. The van der Waals surface area contributed by atoms with E-state index in [1.54, 1.807) is 0 Å². The largest absolute Gasteiger partial charge is 0.385 e. The Kier molecular flexibility index (Phi) is 5.14. The van der Waals surface area contributed by atoms with E-state index in [2.05, 4.69) is 33.5 Å². The Morgan fingerprint density at radius 1 is 1.33 bits per heavy atom. The van der Waals surface area contributed by atoms with E-state index in [4.69, 9.17) is 4.74 Å². The van der Waals surface area contributed by atoms with E-state index in [9.17, 15) is 0 Å². The minimum Gasteiger partial charge on any atom is -0.385 e. The Hall–Kier alpha value is -0.0151. The van der Waals surface area contributed by atoms with Gasteiger partial charge in [0.1, 0.15) is 7.85 Å². The van der Waals surface area contributed by atoms with Gasteiger partial charge < -0.3 is 4.74 Å². The van der Waals surface area contributed by atoms with Crippen LogP contribution in [0.15, 0.2) is 0 Å². The van der Waals surface area contributed by atoms with Gasteiger partial charge in [0.25, 0.3) is 0 Å². The van der Waals surface area contributed by atoms with Crippen molar-refractivity contribution >= 4 is 7.85 Å². The molecule has 3 heteroatoms. The molecule has 1 heterocycles. The topological polar surface area (TPSA) is 12.5 Å². The summed E-state index contributed by atoms with van der Waals surface area (Å²) in [6.45, 7) is 10.1. The van der Waals surface area contributed by atoms with Crippen LogP contribution < -0.4 is 0 Å². The van der Waals surface area contributed by atoms with Crippen LogP contribution in [0.5, 0.6) is 0 Å². The summed E-state index contributed by atoms with van der Waals surface area (Å²) in [6, 6.07) is 0.409. The van der Waals surface area contributed by atoms with Crippen molar-refractivity contribution in [3.63, 3.8) is 0 Å². The predicted molar refractivity (Wildman–Crippen MR) is 68.1 cm³/mol. The number of rotatable bonds is 5. The molecule has 15 heavy (non-hydrogen) atoms. The van der Waals surface area contributed by atoms with E-state index in [1.807, 2.05) is 0 Å². The molecule has 0 radical (unpaired) electrons. The van der Waals surface area contributed by atoms with Gasteiger partial charge >= 0.3 is 0 Å². The molecule has 0 spiro atoms. The fraction of sp³-hybridized carbons (Fsp3) is 1.00. The highest BCUT2D eigenvalue weighted by Crippen LogP contribution is 2.28. The first-order valence-electron chi connectivity index (χ1n) is 6.49. The molecule has 0 aromatic rings. The summed E-state index contributed by atoms with van der Waals surface area (Å²) >= 11 is 0. The van der Waals surface area contributed by atoms with Crippen LogP contribution in [0.3, 0.4) is 0 Å². The maximum Gasteiger partial charge on any atom is 0.140 e. The van der Waals surface area contributed by atoms with Gasteiger partial charge in [0.05, 0.1) is 6.61 Å². The molecular formula is C12H26BNO. The lowest BCUT2D eigenvalue weighted by molar-refractivity contribution is -0.0399. The first kappa shape index (κ1) is 13.1. The Bertz CT molecular complexity index is 180. The molecule has 1 aliphatic heterocycles. The molecule has 2 nitrogen and oxygen atoms in total. The third-order valence-electron chi connectivity index (χ3n) is 3.58. The minimum atomic E-state index is 0.404. The van der Waals surface area contributed by atoms with Crippen molar-refractivity contribution in [2.45, 2.75) is 58.0 Å². The second kappa shape index (κ2) is 5.90. The molecule has 0 amide bonds. The molecule has 1 fully saturated rings. The van der Waals surface area contributed by atoms with Crippen LogP contribution >= 0.6 is 0 Å². The van der Waals surface area contributed by atoms with Crippen molar-refractivity contribution < 1.29 is 4.74 Å². The fourth-order valence-electron chi connectivity index (χ4n) is 2.83. The smallest absolute Gasteiger partial charge is 0.140 e. The van der Waals surface area contributed by atoms with Gasteiger partial charge in [0.2, 0.25) is 0 Å². The number of hydrogen-bond donors (Lipinski definition) is 0. The van der Waals surface area contributed by atoms with Gasteiger partial charge in [-0.05, 0) is 19.8 Å². The van der Waals surface area contributed by atoms with E-state index in [-0.39, 0.29) is 0 Å². The van der Waals surface area contributed by atoms with Crippen LogP contribution in [0.2, 0.25) is 0 Å². The van der Waals surface area contributed by atoms with E-state index < -0.39 is 0 Å². The predicted octanol–water partition coefficient (Wildman–Crippen LogP) is 1.64. The zero-order valence-corrected chi connectivity index (χ0v) is 10.9. The van der Waals surface area contributed by atoms with Crippen LogP contribution in [0.4, 0.5) is 0 Å². The fourth-order valence-corrected chi connectivity index (χ4v) is 2.83. The highest BCUT2D eigenvalue weighted by molar-refractivity contribution is 6.11. The number of nitrogens with zero attached hydrogens (tertiary/aromatic N) is 1. The molecule has 1 saturated heterocycles. The lowest BCUT2D eigenvalue weighted by Gasteiger charge is -2.45. The first-order valence-corrected chi connectivity index (χ1v) is 6.49. The summed E-state index contributed by atoms with van der Waals surface area (Å²) in [4.78, 5) is 2.65. The van der Waals surface area contributed by atoms with Crippen LogP contribution in [0.1, 0.15) is 46.5 Å². The molecule has 0 bridgehead atoms. The van der Waals surface area contributed by atoms with Crippen LogP contribution in [0.25, 0.3) is 0 Å². The van der Waals surface area contributed by atoms with Gasteiger partial charge in [0.15, 0.2) is 0 Å². The van der Waals surface area contributed by atoms with E-state index in [0.29, 0.717) is 11.5 Å². The summed E-state index contributed by atoms with van der Waals surface area (Å²) in [7, 11) is 2.18. The molecule has 0 N–H and O–H groups in total. The minimum absolute atomic E-state index is 0.404. The SMILES string of the molecule is BC1CN(C(C)(CCC)CCC)CCO1. The number of ether oxygens (including phenoxy) is 1. The summed E-state index contributed by atoms with van der Waals surface area (Å²) in [5, 5.41) is 0. The molecule has 1 atom stereocenters. The van der Waals surface area contributed by atoms with E-state index in [0.717, 1.165) is 19.7 Å². The lowest BCUT2D eigenvalue weighted by atomic mass is 9.86. The van der Waals surface area contributed by atoms with Gasteiger partial charge in [-0.1, -0.05) is 26.7 Å². The van der Waals surface area contributed by atoms with Crippen LogP contribution in [0, 0.1) is 0 Å². The van der Waals surface area contributed by atoms with Crippen molar-refractivity contribution in [2.75, 3.05) is 19.7 Å². The Morgan fingerprint density at radius 2 is 1.93 bits per heavy atom. The van der Waals surface area contributed by atoms with Gasteiger partial charge in [0, 0.05) is 24.6 Å². The van der Waals surface area contributed by atoms with Gasteiger partial charge in [-0.15, -0.1) is 0 Å². The molecule has 88 valence electrons. The Morgan fingerprint density at radius 3 is 2.40 bits per heavy atom. The third kappa shape index (κ3) is 3.49. The molecule has 1 unspecified atom stereocenters. The monoisotopic (exact) mass is 211 g/mol.